The Balaban J connectivity index is 1.28. The molecule has 5 rings (SSSR count). The number of aliphatic hydroxyl groups is 1. The number of rotatable bonds is 7. The van der Waals surface area contributed by atoms with Gasteiger partial charge in [-0.15, -0.1) is 0 Å². The number of fused-ring (bicyclic) bond motifs is 1. The van der Waals surface area contributed by atoms with Gasteiger partial charge < -0.3 is 20.2 Å². The first-order valence-corrected chi connectivity index (χ1v) is 12.5. The summed E-state index contributed by atoms with van der Waals surface area (Å²) < 4.78 is 14.3. The van der Waals surface area contributed by atoms with E-state index in [1.54, 1.807) is 13.0 Å². The molecule has 2 heterocycles. The van der Waals surface area contributed by atoms with Crippen LogP contribution < -0.4 is 10.2 Å². The minimum absolute atomic E-state index is 0.0444. The van der Waals surface area contributed by atoms with Gasteiger partial charge in [0, 0.05) is 38.3 Å². The molecule has 0 bridgehead atoms. The molecular formula is C26H34FN5O2. The Morgan fingerprint density at radius 3 is 2.71 bits per heavy atom. The molecule has 3 aliphatic rings. The maximum atomic E-state index is 14.3. The molecule has 1 aromatic carbocycles. The number of aryl methyl sites for hydroxylation is 1. The van der Waals surface area contributed by atoms with Crippen LogP contribution in [-0.2, 0) is 4.79 Å². The van der Waals surface area contributed by atoms with Crippen LogP contribution in [-0.4, -0.2) is 65.2 Å². The number of nitrogens with one attached hydrogen (secondary N) is 1. The molecule has 2 aliphatic carbocycles. The van der Waals surface area contributed by atoms with Crippen LogP contribution in [0.4, 0.5) is 10.2 Å². The highest BCUT2D eigenvalue weighted by Gasteiger charge is 2.35. The highest BCUT2D eigenvalue weighted by Crippen LogP contribution is 2.42. The van der Waals surface area contributed by atoms with Gasteiger partial charge in [-0.05, 0) is 61.8 Å². The number of hydrogen-bond donors (Lipinski definition) is 2. The predicted octanol–water partition coefficient (Wildman–Crippen LogP) is 2.90. The summed E-state index contributed by atoms with van der Waals surface area (Å²) in [5.41, 5.74) is 3.09. The number of aliphatic hydroxyl groups excluding tert-OH is 1. The van der Waals surface area contributed by atoms with E-state index >= 15 is 0 Å². The van der Waals surface area contributed by atoms with E-state index in [0.29, 0.717) is 50.6 Å². The van der Waals surface area contributed by atoms with Crippen LogP contribution in [0.15, 0.2) is 24.5 Å². The highest BCUT2D eigenvalue weighted by atomic mass is 19.1. The molecule has 1 saturated carbocycles. The standard InChI is InChI=1S/C26H34FN5O2/c1-16-3-6-19(12-21(16)27)20(14-28-13-18-4-5-18)26(34)32-9-7-31(8-10-32)25-23-17(2)11-22(33)24(23)29-15-30-25/h3,6,12,15,17-18,20,22,28,33H,4-5,7-11,13-14H2,1-2H3/t17-,20-,22+/m1/s1. The number of benzene rings is 1. The van der Waals surface area contributed by atoms with Gasteiger partial charge in [0.05, 0.1) is 17.7 Å². The maximum Gasteiger partial charge on any atom is 0.231 e. The number of hydrogen-bond acceptors (Lipinski definition) is 6. The Labute approximate surface area is 200 Å². The van der Waals surface area contributed by atoms with Crippen molar-refractivity contribution < 1.29 is 14.3 Å². The number of halogens is 1. The van der Waals surface area contributed by atoms with E-state index in [9.17, 15) is 14.3 Å². The van der Waals surface area contributed by atoms with Crippen molar-refractivity contribution in [2.45, 2.75) is 51.0 Å². The Kier molecular flexibility index (Phi) is 6.53. The lowest BCUT2D eigenvalue weighted by Gasteiger charge is -2.38. The predicted molar refractivity (Wildman–Crippen MR) is 128 cm³/mol. The molecule has 0 unspecified atom stereocenters. The van der Waals surface area contributed by atoms with Crippen molar-refractivity contribution in [2.75, 3.05) is 44.2 Å². The fourth-order valence-electron chi connectivity index (χ4n) is 5.24. The number of aromatic nitrogens is 2. The Bertz CT molecular complexity index is 1050. The van der Waals surface area contributed by atoms with E-state index in [0.717, 1.165) is 29.2 Å². The summed E-state index contributed by atoms with van der Waals surface area (Å²) in [6.07, 6.45) is 4.15. The Morgan fingerprint density at radius 2 is 2.00 bits per heavy atom. The summed E-state index contributed by atoms with van der Waals surface area (Å²) in [7, 11) is 0. The first-order chi connectivity index (χ1) is 16.4. The van der Waals surface area contributed by atoms with Gasteiger partial charge in [0.25, 0.3) is 0 Å². The minimum Gasteiger partial charge on any atom is -0.387 e. The van der Waals surface area contributed by atoms with Crippen LogP contribution in [0.1, 0.15) is 66.5 Å². The topological polar surface area (TPSA) is 81.6 Å². The second kappa shape index (κ2) is 9.58. The van der Waals surface area contributed by atoms with Gasteiger partial charge in [0.2, 0.25) is 5.91 Å². The number of carbonyl (C=O) groups excluding carboxylic acids is 1. The summed E-state index contributed by atoms with van der Waals surface area (Å²) in [6.45, 7) is 7.78. The van der Waals surface area contributed by atoms with Crippen LogP contribution in [0.5, 0.6) is 0 Å². The lowest BCUT2D eigenvalue weighted by molar-refractivity contribution is -0.133. The molecule has 1 saturated heterocycles. The smallest absolute Gasteiger partial charge is 0.231 e. The van der Waals surface area contributed by atoms with Gasteiger partial charge in [-0.25, -0.2) is 14.4 Å². The van der Waals surface area contributed by atoms with Gasteiger partial charge in [-0.2, -0.15) is 0 Å². The molecule has 8 heteroatoms. The van der Waals surface area contributed by atoms with Crippen LogP contribution >= 0.6 is 0 Å². The zero-order valence-electron chi connectivity index (χ0n) is 20.0. The first-order valence-electron chi connectivity index (χ1n) is 12.5. The second-order valence-corrected chi connectivity index (χ2v) is 10.1. The van der Waals surface area contributed by atoms with E-state index in [4.69, 9.17) is 0 Å². The third-order valence-electron chi connectivity index (χ3n) is 7.54. The van der Waals surface area contributed by atoms with Crippen molar-refractivity contribution in [2.24, 2.45) is 5.92 Å². The van der Waals surface area contributed by atoms with Gasteiger partial charge in [-0.3, -0.25) is 4.79 Å². The fourth-order valence-corrected chi connectivity index (χ4v) is 5.24. The molecule has 2 aromatic rings. The molecule has 182 valence electrons. The third kappa shape index (κ3) is 4.66. The number of amides is 1. The third-order valence-corrected chi connectivity index (χ3v) is 7.54. The monoisotopic (exact) mass is 467 g/mol. The molecule has 3 atom stereocenters. The van der Waals surface area contributed by atoms with Gasteiger partial charge >= 0.3 is 0 Å². The summed E-state index contributed by atoms with van der Waals surface area (Å²) in [5, 5.41) is 13.8. The van der Waals surface area contributed by atoms with Crippen molar-refractivity contribution in [1.82, 2.24) is 20.2 Å². The van der Waals surface area contributed by atoms with Crippen molar-refractivity contribution in [3.05, 3.63) is 52.7 Å². The molecule has 1 amide bonds. The van der Waals surface area contributed by atoms with Crippen molar-refractivity contribution >= 4 is 11.7 Å². The molecule has 1 aliphatic heterocycles. The molecule has 7 nitrogen and oxygen atoms in total. The van der Waals surface area contributed by atoms with E-state index in [2.05, 4.69) is 27.1 Å². The molecule has 2 N–H and O–H groups in total. The molecule has 1 aromatic heterocycles. The van der Waals surface area contributed by atoms with E-state index in [1.807, 2.05) is 11.0 Å². The number of piperazine rings is 1. The molecular weight excluding hydrogens is 433 g/mol. The average Bonchev–Trinajstić information content (AvgIpc) is 3.62. The first kappa shape index (κ1) is 23.2. The molecule has 2 fully saturated rings. The average molecular weight is 468 g/mol. The van der Waals surface area contributed by atoms with Crippen molar-refractivity contribution in [3.63, 3.8) is 0 Å². The van der Waals surface area contributed by atoms with E-state index in [1.165, 1.54) is 25.2 Å². The molecule has 0 spiro atoms. The van der Waals surface area contributed by atoms with Crippen molar-refractivity contribution in [3.8, 4) is 0 Å². The van der Waals surface area contributed by atoms with E-state index < -0.39 is 12.0 Å². The zero-order valence-corrected chi connectivity index (χ0v) is 20.0. The number of anilines is 1. The van der Waals surface area contributed by atoms with Gasteiger partial charge in [-0.1, -0.05) is 19.1 Å². The van der Waals surface area contributed by atoms with Crippen LogP contribution in [0.25, 0.3) is 0 Å². The molecule has 0 radical (unpaired) electrons. The number of carbonyl (C=O) groups is 1. The highest BCUT2D eigenvalue weighted by molar-refractivity contribution is 5.84. The summed E-state index contributed by atoms with van der Waals surface area (Å²) in [6, 6.07) is 5.16. The normalized spacial score (nSPS) is 23.2. The Morgan fingerprint density at radius 1 is 1.24 bits per heavy atom. The lowest BCUT2D eigenvalue weighted by Crippen LogP contribution is -2.51. The second-order valence-electron chi connectivity index (χ2n) is 10.1. The summed E-state index contributed by atoms with van der Waals surface area (Å²) >= 11 is 0. The summed E-state index contributed by atoms with van der Waals surface area (Å²) in [5.74, 6) is 1.17. The van der Waals surface area contributed by atoms with Gasteiger partial charge in [0.15, 0.2) is 0 Å². The number of nitrogens with zero attached hydrogens (tertiary/aromatic N) is 4. The Hall–Kier alpha value is -2.58. The van der Waals surface area contributed by atoms with Crippen LogP contribution in [0.2, 0.25) is 0 Å². The zero-order chi connectivity index (χ0) is 23.8. The fraction of sp³-hybridized carbons (Fsp3) is 0.577. The molecule has 34 heavy (non-hydrogen) atoms. The summed E-state index contributed by atoms with van der Waals surface area (Å²) in [4.78, 5) is 26.6. The lowest BCUT2D eigenvalue weighted by atomic mass is 9.95. The SMILES string of the molecule is Cc1ccc([C@@H](CNCC2CC2)C(=O)N2CCN(c3ncnc4c3[C@H](C)C[C@@H]4O)CC2)cc1F. The van der Waals surface area contributed by atoms with E-state index in [-0.39, 0.29) is 17.6 Å². The quantitative estimate of drug-likeness (QED) is 0.652. The van der Waals surface area contributed by atoms with Crippen molar-refractivity contribution in [1.29, 1.82) is 0 Å². The van der Waals surface area contributed by atoms with Crippen LogP contribution in [0.3, 0.4) is 0 Å². The van der Waals surface area contributed by atoms with Gasteiger partial charge in [0.1, 0.15) is 18.0 Å². The minimum atomic E-state index is -0.534. The largest absolute Gasteiger partial charge is 0.387 e. The maximum absolute atomic E-state index is 14.3. The van der Waals surface area contributed by atoms with Crippen LogP contribution in [0, 0.1) is 18.7 Å².